The van der Waals surface area contributed by atoms with Crippen LogP contribution in [0.4, 0.5) is 0 Å². The smallest absolute Gasteiger partial charge is 0.191 e. The second-order valence-corrected chi connectivity index (χ2v) is 8.33. The molecule has 164 valence electrons. The highest BCUT2D eigenvalue weighted by Crippen LogP contribution is 2.34. The van der Waals surface area contributed by atoms with Crippen molar-refractivity contribution in [2.75, 3.05) is 47.5 Å². The van der Waals surface area contributed by atoms with Gasteiger partial charge in [-0.05, 0) is 57.8 Å². The first-order valence-electron chi connectivity index (χ1n) is 10.5. The van der Waals surface area contributed by atoms with Crippen molar-refractivity contribution >= 4 is 29.9 Å². The number of ether oxygens (including phenoxy) is 2. The van der Waals surface area contributed by atoms with Crippen LogP contribution in [0.15, 0.2) is 23.2 Å². The average Bonchev–Trinajstić information content (AvgIpc) is 3.37. The van der Waals surface area contributed by atoms with Gasteiger partial charge >= 0.3 is 0 Å². The molecule has 0 spiro atoms. The topological polar surface area (TPSA) is 58.1 Å². The fraction of sp³-hybridized carbons (Fsp3) is 0.682. The third-order valence-corrected chi connectivity index (χ3v) is 5.70. The van der Waals surface area contributed by atoms with Crippen molar-refractivity contribution in [3.8, 4) is 5.75 Å². The summed E-state index contributed by atoms with van der Waals surface area (Å²) >= 11 is 0. The highest BCUT2D eigenvalue weighted by Gasteiger charge is 2.32. The van der Waals surface area contributed by atoms with E-state index in [1.165, 1.54) is 18.4 Å². The number of rotatable bonds is 9. The van der Waals surface area contributed by atoms with Crippen molar-refractivity contribution in [2.24, 2.45) is 16.8 Å². The predicted octanol–water partition coefficient (Wildman–Crippen LogP) is 3.03. The number of hydrogen-bond donors (Lipinski definition) is 2. The summed E-state index contributed by atoms with van der Waals surface area (Å²) in [6, 6.07) is 6.96. The zero-order valence-corrected chi connectivity index (χ0v) is 20.6. The molecule has 2 N–H and O–H groups in total. The molecule has 2 atom stereocenters. The number of hydrogen-bond acceptors (Lipinski definition) is 4. The van der Waals surface area contributed by atoms with Gasteiger partial charge in [-0.25, -0.2) is 0 Å². The molecule has 29 heavy (non-hydrogen) atoms. The first-order valence-corrected chi connectivity index (χ1v) is 10.5. The summed E-state index contributed by atoms with van der Waals surface area (Å²) in [4.78, 5) is 6.71. The van der Waals surface area contributed by atoms with Crippen LogP contribution in [0.25, 0.3) is 0 Å². The third kappa shape index (κ3) is 7.61. The summed E-state index contributed by atoms with van der Waals surface area (Å²) in [6.45, 7) is 6.08. The zero-order chi connectivity index (χ0) is 19.9. The predicted molar refractivity (Wildman–Crippen MR) is 129 cm³/mol. The molecule has 1 aromatic rings. The van der Waals surface area contributed by atoms with E-state index in [9.17, 15) is 0 Å². The van der Waals surface area contributed by atoms with Crippen LogP contribution in [0.2, 0.25) is 0 Å². The Labute approximate surface area is 192 Å². The average molecular weight is 516 g/mol. The van der Waals surface area contributed by atoms with Crippen LogP contribution in [0, 0.1) is 18.8 Å². The van der Waals surface area contributed by atoms with Gasteiger partial charge in [0.25, 0.3) is 0 Å². The van der Waals surface area contributed by atoms with E-state index in [1.807, 2.05) is 7.05 Å². The van der Waals surface area contributed by atoms with E-state index < -0.39 is 0 Å². The number of halogens is 1. The molecule has 0 bridgehead atoms. The lowest BCUT2D eigenvalue weighted by Gasteiger charge is -2.25. The number of aryl methyl sites for hydroxylation is 1. The Morgan fingerprint density at radius 2 is 2.07 bits per heavy atom. The highest BCUT2D eigenvalue weighted by atomic mass is 127. The van der Waals surface area contributed by atoms with Crippen LogP contribution in [0.5, 0.6) is 5.75 Å². The minimum Gasteiger partial charge on any atom is -0.493 e. The maximum absolute atomic E-state index is 6.15. The van der Waals surface area contributed by atoms with E-state index in [1.54, 1.807) is 0 Å². The highest BCUT2D eigenvalue weighted by molar-refractivity contribution is 14.0. The minimum absolute atomic E-state index is 0. The molecule has 2 fully saturated rings. The summed E-state index contributed by atoms with van der Waals surface area (Å²) in [6.07, 6.45) is 3.77. The van der Waals surface area contributed by atoms with Crippen LogP contribution < -0.4 is 15.4 Å². The number of aliphatic imine (C=N–C) groups is 1. The SMILES string of the molecule is CN=C(NCc1ccc(C)cc1OCC1CCOC1)NCC(C1CC1)N(C)C.I. The van der Waals surface area contributed by atoms with E-state index >= 15 is 0 Å². The molecule has 6 nitrogen and oxygen atoms in total. The maximum Gasteiger partial charge on any atom is 0.191 e. The Bertz CT molecular complexity index is 656. The number of benzene rings is 1. The normalized spacial score (nSPS) is 20.3. The lowest BCUT2D eigenvalue weighted by Crippen LogP contribution is -2.45. The molecule has 7 heteroatoms. The van der Waals surface area contributed by atoms with Gasteiger partial charge < -0.3 is 25.0 Å². The summed E-state index contributed by atoms with van der Waals surface area (Å²) < 4.78 is 11.6. The van der Waals surface area contributed by atoms with Gasteiger partial charge in [0, 0.05) is 44.3 Å². The lowest BCUT2D eigenvalue weighted by atomic mass is 10.1. The number of nitrogens with zero attached hydrogens (tertiary/aromatic N) is 2. The second-order valence-electron chi connectivity index (χ2n) is 8.33. The van der Waals surface area contributed by atoms with Gasteiger partial charge in [-0.15, -0.1) is 24.0 Å². The van der Waals surface area contributed by atoms with Gasteiger partial charge in [-0.2, -0.15) is 0 Å². The van der Waals surface area contributed by atoms with Gasteiger partial charge in [-0.3, -0.25) is 4.99 Å². The zero-order valence-electron chi connectivity index (χ0n) is 18.2. The third-order valence-electron chi connectivity index (χ3n) is 5.70. The fourth-order valence-corrected chi connectivity index (χ4v) is 3.72. The maximum atomic E-state index is 6.15. The van der Waals surface area contributed by atoms with Crippen LogP contribution in [0.3, 0.4) is 0 Å². The Hall–Kier alpha value is -1.06. The van der Waals surface area contributed by atoms with Gasteiger partial charge in [0.1, 0.15) is 5.75 Å². The van der Waals surface area contributed by atoms with Gasteiger partial charge in [-0.1, -0.05) is 12.1 Å². The second kappa shape index (κ2) is 12.0. The van der Waals surface area contributed by atoms with Crippen LogP contribution >= 0.6 is 24.0 Å². The molecule has 1 aliphatic heterocycles. The van der Waals surface area contributed by atoms with Crippen molar-refractivity contribution in [1.82, 2.24) is 15.5 Å². The molecular weight excluding hydrogens is 479 g/mol. The number of guanidine groups is 1. The lowest BCUT2D eigenvalue weighted by molar-refractivity contribution is 0.166. The molecule has 3 rings (SSSR count). The van der Waals surface area contributed by atoms with E-state index in [-0.39, 0.29) is 24.0 Å². The molecular formula is C22H37IN4O2. The Kier molecular flexibility index (Phi) is 9.98. The Balaban J connectivity index is 0.00000300. The molecule has 1 saturated carbocycles. The quantitative estimate of drug-likeness (QED) is 0.300. The largest absolute Gasteiger partial charge is 0.493 e. The molecule has 2 unspecified atom stereocenters. The van der Waals surface area contributed by atoms with E-state index in [4.69, 9.17) is 9.47 Å². The Morgan fingerprint density at radius 1 is 1.28 bits per heavy atom. The molecule has 2 aliphatic rings. The van der Waals surface area contributed by atoms with E-state index in [2.05, 4.69) is 59.7 Å². The standard InChI is InChI=1S/C22H36N4O2.HI/c1-16-5-6-19(21(11-16)28-15-17-9-10-27-14-17)12-24-22(23-2)25-13-20(26(3)4)18-7-8-18;/h5-6,11,17-18,20H,7-10,12-15H2,1-4H3,(H2,23,24,25);1H. The summed E-state index contributed by atoms with van der Waals surface area (Å²) in [7, 11) is 6.14. The first kappa shape index (κ1) is 24.2. The van der Waals surface area contributed by atoms with E-state index in [0.29, 0.717) is 18.5 Å². The molecule has 1 saturated heterocycles. The molecule has 0 amide bonds. The molecule has 1 aliphatic carbocycles. The molecule has 1 heterocycles. The minimum atomic E-state index is 0. The van der Waals surface area contributed by atoms with Crippen molar-refractivity contribution in [3.05, 3.63) is 29.3 Å². The Morgan fingerprint density at radius 3 is 2.69 bits per heavy atom. The summed E-state index contributed by atoms with van der Waals surface area (Å²) in [5.41, 5.74) is 2.36. The first-order chi connectivity index (χ1) is 13.6. The van der Waals surface area contributed by atoms with Crippen molar-refractivity contribution < 1.29 is 9.47 Å². The van der Waals surface area contributed by atoms with Crippen LogP contribution in [0.1, 0.15) is 30.4 Å². The number of likely N-dealkylation sites (N-methyl/N-ethyl adjacent to an activating group) is 1. The molecule has 0 radical (unpaired) electrons. The number of nitrogens with one attached hydrogen (secondary N) is 2. The summed E-state index contributed by atoms with van der Waals surface area (Å²) in [5.74, 6) is 3.11. The molecule has 1 aromatic carbocycles. The van der Waals surface area contributed by atoms with Crippen molar-refractivity contribution in [1.29, 1.82) is 0 Å². The van der Waals surface area contributed by atoms with Crippen LogP contribution in [-0.4, -0.2) is 64.4 Å². The van der Waals surface area contributed by atoms with Gasteiger partial charge in [0.05, 0.1) is 13.2 Å². The van der Waals surface area contributed by atoms with Crippen molar-refractivity contribution in [2.45, 2.75) is 38.8 Å². The van der Waals surface area contributed by atoms with Gasteiger partial charge in [0.15, 0.2) is 5.96 Å². The van der Waals surface area contributed by atoms with Crippen LogP contribution in [-0.2, 0) is 11.3 Å². The molecule has 0 aromatic heterocycles. The van der Waals surface area contributed by atoms with Crippen molar-refractivity contribution in [3.63, 3.8) is 0 Å². The van der Waals surface area contributed by atoms with E-state index in [0.717, 1.165) is 56.0 Å². The monoisotopic (exact) mass is 516 g/mol. The fourth-order valence-electron chi connectivity index (χ4n) is 3.72. The summed E-state index contributed by atoms with van der Waals surface area (Å²) in [5, 5.41) is 6.93. The van der Waals surface area contributed by atoms with Gasteiger partial charge in [0.2, 0.25) is 0 Å².